The van der Waals surface area contributed by atoms with E-state index in [-0.39, 0.29) is 5.97 Å². The summed E-state index contributed by atoms with van der Waals surface area (Å²) >= 11 is 0. The maximum absolute atomic E-state index is 12.0. The van der Waals surface area contributed by atoms with Gasteiger partial charge in [-0.1, -0.05) is 11.6 Å². The van der Waals surface area contributed by atoms with E-state index >= 15 is 0 Å². The van der Waals surface area contributed by atoms with E-state index in [2.05, 4.69) is 13.0 Å². The first-order chi connectivity index (χ1) is 11.2. The third-order valence-electron chi connectivity index (χ3n) is 5.68. The van der Waals surface area contributed by atoms with Crippen molar-refractivity contribution in [3.05, 3.63) is 34.6 Å². The number of carbonyl (C=O) groups is 1. The van der Waals surface area contributed by atoms with Crippen LogP contribution in [0, 0.1) is 0 Å². The topological polar surface area (TPSA) is 55.8 Å². The predicted octanol–water partition coefficient (Wildman–Crippen LogP) is 3.95. The van der Waals surface area contributed by atoms with Gasteiger partial charge in [0.05, 0.1) is 17.3 Å². The Hall–Kier alpha value is -1.39. The minimum absolute atomic E-state index is 0.255. The Morgan fingerprint density at radius 1 is 1.21 bits per heavy atom. The van der Waals surface area contributed by atoms with Crippen molar-refractivity contribution in [2.75, 3.05) is 0 Å². The predicted molar refractivity (Wildman–Crippen MR) is 92.2 cm³/mol. The first-order valence-electron chi connectivity index (χ1n) is 8.91. The second-order valence-corrected chi connectivity index (χ2v) is 7.87. The lowest BCUT2D eigenvalue weighted by molar-refractivity contribution is -0.207. The van der Waals surface area contributed by atoms with Crippen LogP contribution in [-0.2, 0) is 14.3 Å². The number of carbonyl (C=O) groups excluding carboxylic acids is 1. The number of rotatable bonds is 0. The van der Waals surface area contributed by atoms with Crippen molar-refractivity contribution in [3.63, 3.8) is 0 Å². The van der Waals surface area contributed by atoms with Crippen molar-refractivity contribution in [1.82, 2.24) is 0 Å². The summed E-state index contributed by atoms with van der Waals surface area (Å²) in [4.78, 5) is 12.0. The maximum atomic E-state index is 12.0. The molecule has 0 aromatic carbocycles. The molecule has 3 atom stereocenters. The quantitative estimate of drug-likeness (QED) is 0.539. The van der Waals surface area contributed by atoms with Gasteiger partial charge in [-0.3, -0.25) is 0 Å². The van der Waals surface area contributed by atoms with E-state index in [9.17, 15) is 9.90 Å². The first kappa shape index (κ1) is 17.4. The summed E-state index contributed by atoms with van der Waals surface area (Å²) in [6.07, 6.45) is 8.51. The number of hydrogen-bond donors (Lipinski definition) is 1. The molecule has 24 heavy (non-hydrogen) atoms. The van der Waals surface area contributed by atoms with Gasteiger partial charge in [0.25, 0.3) is 0 Å². The van der Waals surface area contributed by atoms with Crippen molar-refractivity contribution in [2.45, 2.75) is 83.5 Å². The van der Waals surface area contributed by atoms with Gasteiger partial charge in [0.1, 0.15) is 5.76 Å². The van der Waals surface area contributed by atoms with Crippen molar-refractivity contribution >= 4 is 5.97 Å². The first-order valence-corrected chi connectivity index (χ1v) is 8.91. The maximum Gasteiger partial charge on any atom is 0.339 e. The van der Waals surface area contributed by atoms with Crippen LogP contribution >= 0.6 is 0 Å². The zero-order valence-corrected chi connectivity index (χ0v) is 15.1. The van der Waals surface area contributed by atoms with Crippen LogP contribution in [0.15, 0.2) is 34.6 Å². The van der Waals surface area contributed by atoms with Gasteiger partial charge in [-0.15, -0.1) is 0 Å². The molecule has 3 heterocycles. The van der Waals surface area contributed by atoms with Gasteiger partial charge < -0.3 is 14.6 Å². The molecule has 4 heteroatoms. The molecule has 3 aliphatic heterocycles. The molecular weight excluding hydrogens is 304 g/mol. The SMILES string of the molecule is CC1=C2CC/C(C)=C/CC[C@]3(C)O[C@](C)(/C=C/2OC1=O)CC[C@@H]3O. The van der Waals surface area contributed by atoms with E-state index in [0.717, 1.165) is 31.3 Å². The van der Waals surface area contributed by atoms with Crippen molar-refractivity contribution < 1.29 is 19.4 Å². The fourth-order valence-electron chi connectivity index (χ4n) is 3.98. The van der Waals surface area contributed by atoms with Crippen molar-refractivity contribution in [3.8, 4) is 0 Å². The second kappa shape index (κ2) is 6.16. The Morgan fingerprint density at radius 2 is 1.96 bits per heavy atom. The largest absolute Gasteiger partial charge is 0.423 e. The summed E-state index contributed by atoms with van der Waals surface area (Å²) in [6.45, 7) is 7.97. The van der Waals surface area contributed by atoms with E-state index < -0.39 is 17.3 Å². The Morgan fingerprint density at radius 3 is 2.71 bits per heavy atom. The standard InChI is InChI=1S/C20H28O4/c1-13-6-5-10-20(4)17(21)9-11-19(3,24-20)12-16-15(8-7-13)14(2)18(22)23-16/h6,12,17,21H,5,7-11H2,1-4H3/b13-6+,16-12-/t17-,19-,20-/m0/s1. The summed E-state index contributed by atoms with van der Waals surface area (Å²) in [6, 6.07) is 0. The highest BCUT2D eigenvalue weighted by Crippen LogP contribution is 2.42. The van der Waals surface area contributed by atoms with Crippen molar-refractivity contribution in [1.29, 1.82) is 0 Å². The van der Waals surface area contributed by atoms with Crippen LogP contribution in [0.1, 0.15) is 66.2 Å². The molecule has 0 spiro atoms. The molecule has 4 nitrogen and oxygen atoms in total. The zero-order valence-electron chi connectivity index (χ0n) is 15.1. The van der Waals surface area contributed by atoms with Crippen LogP contribution in [0.2, 0.25) is 0 Å². The molecule has 3 rings (SSSR count). The minimum Gasteiger partial charge on any atom is -0.423 e. The van der Waals surface area contributed by atoms with Gasteiger partial charge in [0.2, 0.25) is 0 Å². The van der Waals surface area contributed by atoms with E-state index in [4.69, 9.17) is 9.47 Å². The molecular formula is C20H28O4. The molecule has 3 aliphatic rings. The number of ether oxygens (including phenoxy) is 2. The van der Waals surface area contributed by atoms with Gasteiger partial charge in [-0.05, 0) is 72.3 Å². The third kappa shape index (κ3) is 3.22. The number of allylic oxidation sites excluding steroid dienone is 3. The van der Waals surface area contributed by atoms with Gasteiger partial charge in [0, 0.05) is 11.1 Å². The van der Waals surface area contributed by atoms with Crippen LogP contribution in [-0.4, -0.2) is 28.4 Å². The molecule has 0 radical (unpaired) electrons. The van der Waals surface area contributed by atoms with Crippen LogP contribution in [0.3, 0.4) is 0 Å². The van der Waals surface area contributed by atoms with E-state index in [1.54, 1.807) is 0 Å². The Kier molecular flexibility index (Phi) is 4.47. The zero-order chi connectivity index (χ0) is 17.5. The van der Waals surface area contributed by atoms with E-state index in [1.807, 2.05) is 26.8 Å². The highest BCUT2D eigenvalue weighted by Gasteiger charge is 2.45. The number of hydrogen-bond acceptors (Lipinski definition) is 4. The molecule has 1 saturated heterocycles. The monoisotopic (exact) mass is 332 g/mol. The Labute approximate surface area is 144 Å². The average molecular weight is 332 g/mol. The fourth-order valence-corrected chi connectivity index (χ4v) is 3.98. The summed E-state index contributed by atoms with van der Waals surface area (Å²) in [5, 5.41) is 10.5. The Bertz CT molecular complexity index is 642. The molecule has 1 fully saturated rings. The smallest absolute Gasteiger partial charge is 0.339 e. The van der Waals surface area contributed by atoms with E-state index in [1.165, 1.54) is 5.57 Å². The number of aliphatic hydroxyl groups excluding tert-OH is 1. The van der Waals surface area contributed by atoms with Crippen molar-refractivity contribution in [2.24, 2.45) is 0 Å². The lowest BCUT2D eigenvalue weighted by Gasteiger charge is -2.47. The number of aliphatic hydroxyl groups is 1. The van der Waals surface area contributed by atoms with Crippen LogP contribution < -0.4 is 0 Å². The minimum atomic E-state index is -0.582. The number of esters is 1. The normalized spacial score (nSPS) is 42.0. The summed E-state index contributed by atoms with van der Waals surface area (Å²) < 4.78 is 11.9. The second-order valence-electron chi connectivity index (χ2n) is 7.87. The highest BCUT2D eigenvalue weighted by molar-refractivity contribution is 5.93. The molecule has 1 N–H and O–H groups in total. The van der Waals surface area contributed by atoms with Gasteiger partial charge in [-0.2, -0.15) is 0 Å². The lowest BCUT2D eigenvalue weighted by Crippen LogP contribution is -2.53. The Balaban J connectivity index is 2.02. The molecule has 132 valence electrons. The number of fused-ring (bicyclic) bond motifs is 3. The molecule has 0 aromatic heterocycles. The molecule has 0 aromatic rings. The molecule has 0 amide bonds. The summed E-state index contributed by atoms with van der Waals surface area (Å²) in [5.74, 6) is 0.391. The lowest BCUT2D eigenvalue weighted by atomic mass is 9.81. The molecule has 0 aliphatic carbocycles. The molecule has 0 saturated carbocycles. The average Bonchev–Trinajstić information content (AvgIpc) is 2.75. The molecule has 0 unspecified atom stereocenters. The van der Waals surface area contributed by atoms with E-state index in [0.29, 0.717) is 24.2 Å². The van der Waals surface area contributed by atoms with Crippen LogP contribution in [0.5, 0.6) is 0 Å². The third-order valence-corrected chi connectivity index (χ3v) is 5.68. The highest BCUT2D eigenvalue weighted by atomic mass is 16.6. The van der Waals surface area contributed by atoms with Gasteiger partial charge in [-0.25, -0.2) is 4.79 Å². The fraction of sp³-hybridized carbons (Fsp3) is 0.650. The van der Waals surface area contributed by atoms with Crippen LogP contribution in [0.25, 0.3) is 0 Å². The van der Waals surface area contributed by atoms with Crippen LogP contribution in [0.4, 0.5) is 0 Å². The summed E-state index contributed by atoms with van der Waals surface area (Å²) in [7, 11) is 0. The molecule has 2 bridgehead atoms. The van der Waals surface area contributed by atoms with Gasteiger partial charge >= 0.3 is 5.97 Å². The van der Waals surface area contributed by atoms with Gasteiger partial charge in [0.15, 0.2) is 0 Å². The summed E-state index contributed by atoms with van der Waals surface area (Å²) in [5.41, 5.74) is 1.88.